The van der Waals surface area contributed by atoms with Crippen molar-refractivity contribution in [1.82, 2.24) is 4.90 Å². The molecule has 1 aromatic carbocycles. The molecule has 1 N–H and O–H groups in total. The van der Waals surface area contributed by atoms with Crippen molar-refractivity contribution in [3.63, 3.8) is 0 Å². The molecule has 0 aliphatic carbocycles. The van der Waals surface area contributed by atoms with E-state index in [4.69, 9.17) is 4.74 Å². The number of anilines is 1. The molecule has 2 heterocycles. The minimum atomic E-state index is 0.639. The fourth-order valence-corrected chi connectivity index (χ4v) is 3.33. The Kier molecular flexibility index (Phi) is 3.16. The molecule has 0 amide bonds. The Balaban J connectivity index is 1.76. The molecular weight excluding hydrogens is 224 g/mol. The summed E-state index contributed by atoms with van der Waals surface area (Å²) in [6, 6.07) is 7.14. The molecular formula is C15H22N2O. The first-order chi connectivity index (χ1) is 8.78. The number of ether oxygens (including phenoxy) is 1. The number of benzene rings is 1. The van der Waals surface area contributed by atoms with Gasteiger partial charge < -0.3 is 15.0 Å². The average molecular weight is 246 g/mol. The lowest BCUT2D eigenvalue weighted by atomic mass is 9.93. The van der Waals surface area contributed by atoms with E-state index in [0.717, 1.165) is 18.3 Å². The fraction of sp³-hybridized carbons (Fsp3) is 0.600. The molecule has 0 saturated carbocycles. The number of hydrogen-bond acceptors (Lipinski definition) is 3. The van der Waals surface area contributed by atoms with Crippen LogP contribution in [0.15, 0.2) is 18.2 Å². The highest BCUT2D eigenvalue weighted by atomic mass is 16.5. The van der Waals surface area contributed by atoms with Crippen molar-refractivity contribution < 1.29 is 4.74 Å². The van der Waals surface area contributed by atoms with Crippen molar-refractivity contribution in [3.8, 4) is 5.75 Å². The van der Waals surface area contributed by atoms with Crippen LogP contribution >= 0.6 is 0 Å². The Morgan fingerprint density at radius 3 is 3.06 bits per heavy atom. The van der Waals surface area contributed by atoms with Crippen LogP contribution in [0.4, 0.5) is 5.69 Å². The zero-order valence-electron chi connectivity index (χ0n) is 11.3. The van der Waals surface area contributed by atoms with Gasteiger partial charge in [-0.05, 0) is 56.6 Å². The first kappa shape index (κ1) is 11.8. The molecule has 18 heavy (non-hydrogen) atoms. The van der Waals surface area contributed by atoms with Gasteiger partial charge in [0.15, 0.2) is 0 Å². The summed E-state index contributed by atoms with van der Waals surface area (Å²) >= 11 is 0. The molecule has 0 aromatic heterocycles. The first-order valence-corrected chi connectivity index (χ1v) is 6.90. The lowest BCUT2D eigenvalue weighted by Gasteiger charge is -2.22. The maximum atomic E-state index is 5.34. The topological polar surface area (TPSA) is 24.5 Å². The molecule has 1 fully saturated rings. The summed E-state index contributed by atoms with van der Waals surface area (Å²) in [5, 5.41) is 3.52. The lowest BCUT2D eigenvalue weighted by Crippen LogP contribution is -2.27. The van der Waals surface area contributed by atoms with Gasteiger partial charge in [-0.25, -0.2) is 0 Å². The molecule has 1 aromatic rings. The van der Waals surface area contributed by atoms with E-state index < -0.39 is 0 Å². The summed E-state index contributed by atoms with van der Waals surface area (Å²) in [7, 11) is 4.00. The van der Waals surface area contributed by atoms with Crippen LogP contribution in [0.1, 0.15) is 30.7 Å². The summed E-state index contributed by atoms with van der Waals surface area (Å²) in [4.78, 5) is 2.51. The Labute approximate surface area is 109 Å². The van der Waals surface area contributed by atoms with E-state index >= 15 is 0 Å². The monoisotopic (exact) mass is 246 g/mol. The van der Waals surface area contributed by atoms with Gasteiger partial charge in [0.05, 0.1) is 7.11 Å². The Hall–Kier alpha value is -1.22. The molecule has 0 unspecified atom stereocenters. The van der Waals surface area contributed by atoms with E-state index in [0.29, 0.717) is 5.92 Å². The van der Waals surface area contributed by atoms with E-state index in [1.807, 2.05) is 6.07 Å². The summed E-state index contributed by atoms with van der Waals surface area (Å²) in [5.74, 6) is 1.61. The highest BCUT2D eigenvalue weighted by molar-refractivity contribution is 5.60. The second kappa shape index (κ2) is 4.81. The molecule has 2 atom stereocenters. The largest absolute Gasteiger partial charge is 0.497 e. The minimum Gasteiger partial charge on any atom is -0.497 e. The van der Waals surface area contributed by atoms with Gasteiger partial charge in [0.2, 0.25) is 0 Å². The molecule has 2 aliphatic rings. The highest BCUT2D eigenvalue weighted by Crippen LogP contribution is 2.38. The number of nitrogens with zero attached hydrogens (tertiary/aromatic N) is 1. The van der Waals surface area contributed by atoms with Crippen LogP contribution in [0.2, 0.25) is 0 Å². The van der Waals surface area contributed by atoms with E-state index in [1.165, 1.54) is 37.1 Å². The van der Waals surface area contributed by atoms with Gasteiger partial charge in [0.1, 0.15) is 5.75 Å². The molecule has 1 saturated heterocycles. The molecule has 0 radical (unpaired) electrons. The highest BCUT2D eigenvalue weighted by Gasteiger charge is 2.29. The molecule has 3 nitrogen and oxygen atoms in total. The summed E-state index contributed by atoms with van der Waals surface area (Å²) in [6.07, 6.45) is 3.97. The van der Waals surface area contributed by atoms with Gasteiger partial charge in [0.25, 0.3) is 0 Å². The number of nitrogens with one attached hydrogen (secondary N) is 1. The Morgan fingerprint density at radius 2 is 2.33 bits per heavy atom. The normalized spacial score (nSPS) is 27.0. The van der Waals surface area contributed by atoms with Gasteiger partial charge in [-0.2, -0.15) is 0 Å². The predicted octanol–water partition coefficient (Wildman–Crippen LogP) is 2.69. The number of hydrogen-bond donors (Lipinski definition) is 1. The van der Waals surface area contributed by atoms with Gasteiger partial charge in [-0.3, -0.25) is 0 Å². The van der Waals surface area contributed by atoms with Crippen LogP contribution < -0.4 is 10.1 Å². The number of fused-ring (bicyclic) bond motifs is 1. The van der Waals surface area contributed by atoms with Crippen molar-refractivity contribution in [1.29, 1.82) is 0 Å². The van der Waals surface area contributed by atoms with Gasteiger partial charge in [-0.15, -0.1) is 0 Å². The quantitative estimate of drug-likeness (QED) is 0.887. The van der Waals surface area contributed by atoms with E-state index in [1.54, 1.807) is 7.11 Å². The predicted molar refractivity (Wildman–Crippen MR) is 74.5 cm³/mol. The molecule has 0 spiro atoms. The Morgan fingerprint density at radius 1 is 1.44 bits per heavy atom. The Bertz CT molecular complexity index is 433. The van der Waals surface area contributed by atoms with Crippen molar-refractivity contribution in [2.75, 3.05) is 32.6 Å². The summed E-state index contributed by atoms with van der Waals surface area (Å²) < 4.78 is 5.34. The standard InChI is InChI=1S/C15H22N2O/c1-17-7-3-4-12(17)8-11-10-16-15-6-5-13(18-2)9-14(11)15/h5-6,9,11-12,16H,3-4,7-8,10H2,1-2H3/t11-,12+/m0/s1. The third-order valence-corrected chi connectivity index (χ3v) is 4.47. The van der Waals surface area contributed by atoms with Crippen molar-refractivity contribution in [2.24, 2.45) is 0 Å². The van der Waals surface area contributed by atoms with E-state index in [2.05, 4.69) is 29.4 Å². The van der Waals surface area contributed by atoms with E-state index in [-0.39, 0.29) is 0 Å². The first-order valence-electron chi connectivity index (χ1n) is 6.90. The second-order valence-electron chi connectivity index (χ2n) is 5.54. The van der Waals surface area contributed by atoms with Crippen LogP contribution in [-0.4, -0.2) is 38.2 Å². The van der Waals surface area contributed by atoms with Crippen LogP contribution in [0.3, 0.4) is 0 Å². The number of rotatable bonds is 3. The fourth-order valence-electron chi connectivity index (χ4n) is 3.33. The molecule has 3 heteroatoms. The number of likely N-dealkylation sites (tertiary alicyclic amines) is 1. The van der Waals surface area contributed by atoms with Crippen LogP contribution in [-0.2, 0) is 0 Å². The van der Waals surface area contributed by atoms with Gasteiger partial charge in [0, 0.05) is 24.2 Å². The number of methoxy groups -OCH3 is 1. The second-order valence-corrected chi connectivity index (χ2v) is 5.54. The van der Waals surface area contributed by atoms with Gasteiger partial charge >= 0.3 is 0 Å². The third-order valence-electron chi connectivity index (χ3n) is 4.47. The summed E-state index contributed by atoms with van der Waals surface area (Å²) in [5.41, 5.74) is 2.73. The van der Waals surface area contributed by atoms with Gasteiger partial charge in [-0.1, -0.05) is 0 Å². The molecule has 98 valence electrons. The van der Waals surface area contributed by atoms with Crippen LogP contribution in [0.5, 0.6) is 5.75 Å². The maximum Gasteiger partial charge on any atom is 0.119 e. The third kappa shape index (κ3) is 2.07. The van der Waals surface area contributed by atoms with E-state index in [9.17, 15) is 0 Å². The summed E-state index contributed by atoms with van der Waals surface area (Å²) in [6.45, 7) is 2.34. The maximum absolute atomic E-state index is 5.34. The molecule has 2 aliphatic heterocycles. The van der Waals surface area contributed by atoms with Crippen molar-refractivity contribution >= 4 is 5.69 Å². The minimum absolute atomic E-state index is 0.639. The van der Waals surface area contributed by atoms with Crippen molar-refractivity contribution in [2.45, 2.75) is 31.2 Å². The van der Waals surface area contributed by atoms with Crippen LogP contribution in [0, 0.1) is 0 Å². The average Bonchev–Trinajstić information content (AvgIpc) is 2.97. The SMILES string of the molecule is COc1ccc2c(c1)[C@@H](C[C@H]1CCCN1C)CN2. The zero-order valence-corrected chi connectivity index (χ0v) is 11.3. The smallest absolute Gasteiger partial charge is 0.119 e. The van der Waals surface area contributed by atoms with Crippen LogP contribution in [0.25, 0.3) is 0 Å². The molecule has 0 bridgehead atoms. The lowest BCUT2D eigenvalue weighted by molar-refractivity contribution is 0.285. The van der Waals surface area contributed by atoms with Crippen molar-refractivity contribution in [3.05, 3.63) is 23.8 Å². The molecule has 3 rings (SSSR count). The zero-order chi connectivity index (χ0) is 12.5.